The fourth-order valence-electron chi connectivity index (χ4n) is 0. The van der Waals surface area contributed by atoms with Crippen LogP contribution in [-0.4, -0.2) is 20.4 Å². The fraction of sp³-hybridized carbons (Fsp3) is 0.600. The summed E-state index contributed by atoms with van der Waals surface area (Å²) >= 11 is 0. The first-order valence-electron chi connectivity index (χ1n) is 5.61. The van der Waals surface area contributed by atoms with Crippen molar-refractivity contribution < 1.29 is 35.4 Å². The maximum absolute atomic E-state index is 7.89. The van der Waals surface area contributed by atoms with Crippen LogP contribution in [-0.2, 0) is 35.4 Å². The molecule has 22 heavy (non-hydrogen) atoms. The average molecular weight is 475 g/mol. The number of hydrogen-bond acceptors (Lipinski definition) is 6. The van der Waals surface area contributed by atoms with Crippen molar-refractivity contribution in [3.63, 3.8) is 0 Å². The van der Waals surface area contributed by atoms with Gasteiger partial charge in [0.25, 0.3) is 20.4 Å². The van der Waals surface area contributed by atoms with Crippen LogP contribution < -0.4 is 0 Å². The first-order chi connectivity index (χ1) is 9.81. The molecule has 6 nitrogen and oxygen atoms in total. The zero-order valence-corrected chi connectivity index (χ0v) is 16.6. The Balaban J connectivity index is -0.0000000257. The third-order valence-electron chi connectivity index (χ3n) is 0.775. The molecular weight excluding hydrogens is 454 g/mol. The Morgan fingerprint density at radius 1 is 0.545 bits per heavy atom. The minimum Gasteiger partial charge on any atom is -0.281 e. The van der Waals surface area contributed by atoms with E-state index in [2.05, 4.69) is 20.4 Å². The molecule has 0 saturated carbocycles. The summed E-state index contributed by atoms with van der Waals surface area (Å²) < 4.78 is 0. The number of carbonyl (C=O) groups excluding carboxylic acids is 3. The van der Waals surface area contributed by atoms with Crippen LogP contribution in [0.1, 0.15) is 41.5 Å². The minimum atomic E-state index is 0. The molecule has 7 heteroatoms. The molecule has 0 atom stereocenters. The van der Waals surface area contributed by atoms with Crippen LogP contribution >= 0.6 is 0 Å². The van der Waals surface area contributed by atoms with E-state index in [1.807, 2.05) is 59.8 Å². The Morgan fingerprint density at radius 2 is 0.591 bits per heavy atom. The van der Waals surface area contributed by atoms with Crippen LogP contribution in [0.4, 0.5) is 0 Å². The van der Waals surface area contributed by atoms with Gasteiger partial charge in [0.2, 0.25) is 0 Å². The van der Waals surface area contributed by atoms with Crippen molar-refractivity contribution in [1.29, 1.82) is 15.8 Å². The molecule has 0 heterocycles. The molecule has 6 radical (unpaired) electrons. The van der Waals surface area contributed by atoms with Gasteiger partial charge in [0, 0.05) is 38.8 Å². The summed E-state index contributed by atoms with van der Waals surface area (Å²) in [5.74, 6) is 0.569. The van der Waals surface area contributed by atoms with Crippen molar-refractivity contribution in [2.75, 3.05) is 0 Å². The van der Waals surface area contributed by atoms with E-state index >= 15 is 0 Å². The Kier molecular flexibility index (Phi) is 119. The van der Waals surface area contributed by atoms with E-state index in [-0.39, 0.29) is 38.8 Å². The van der Waals surface area contributed by atoms with Crippen LogP contribution in [0.3, 0.4) is 0 Å². The molecule has 0 aliphatic rings. The van der Waals surface area contributed by atoms with E-state index in [9.17, 15) is 0 Å². The molecule has 0 rings (SSSR count). The second-order valence-electron chi connectivity index (χ2n) is 3.85. The molecule has 0 unspecified atom stereocenters. The van der Waals surface area contributed by atoms with Crippen LogP contribution in [0.2, 0.25) is 0 Å². The quantitative estimate of drug-likeness (QED) is 0.530. The third-order valence-corrected chi connectivity index (χ3v) is 0.775. The zero-order chi connectivity index (χ0) is 18.9. The van der Waals surface area contributed by atoms with Gasteiger partial charge in [-0.15, -0.1) is 0 Å². The summed E-state index contributed by atoms with van der Waals surface area (Å²) in [7, 11) is 0. The summed E-state index contributed by atoms with van der Waals surface area (Å²) in [5, 5.41) is 23.7. The Labute approximate surface area is 149 Å². The van der Waals surface area contributed by atoms with Crippen LogP contribution in [0.25, 0.3) is 0 Å². The largest absolute Gasteiger partial charge is 0.281 e. The molecule has 120 valence electrons. The number of nitriles is 3. The zero-order valence-electron chi connectivity index (χ0n) is 13.7. The number of nitrogens with zero attached hydrogens (tertiary/aromatic N) is 3. The fourth-order valence-corrected chi connectivity index (χ4v) is 0. The van der Waals surface area contributed by atoms with Gasteiger partial charge in [-0.3, -0.25) is 14.4 Å². The van der Waals surface area contributed by atoms with Crippen molar-refractivity contribution in [3.05, 3.63) is 0 Å². The Morgan fingerprint density at radius 3 is 0.591 bits per heavy atom. The van der Waals surface area contributed by atoms with Crippen LogP contribution in [0, 0.1) is 51.7 Å². The summed E-state index contributed by atoms with van der Waals surface area (Å²) in [5.41, 5.74) is 0. The molecule has 0 aromatic rings. The summed E-state index contributed by atoms with van der Waals surface area (Å²) in [6, 6.07) is 6.08. The van der Waals surface area contributed by atoms with Crippen molar-refractivity contribution >= 4 is 20.4 Å². The molecule has 0 aromatic carbocycles. The Bertz CT molecular complexity index is 242. The monoisotopic (exact) mass is 475 g/mol. The SMILES string of the molecule is CC(C)C#N.CC(C)C#N.CC(C)C#N.[C]=O.[C]=O.[C]=O.[W]. The first kappa shape index (κ1) is 42.7. The summed E-state index contributed by atoms with van der Waals surface area (Å²) in [6.07, 6.45) is 0. The van der Waals surface area contributed by atoms with Gasteiger partial charge in [-0.25, -0.2) is 0 Å². The van der Waals surface area contributed by atoms with Gasteiger partial charge in [0.1, 0.15) is 0 Å². The van der Waals surface area contributed by atoms with E-state index in [1.165, 1.54) is 0 Å². The molecular formula is C15H21N3O3W. The molecule has 0 amide bonds. The molecule has 0 saturated heterocycles. The second kappa shape index (κ2) is 61.2. The van der Waals surface area contributed by atoms with Gasteiger partial charge in [0.15, 0.2) is 0 Å². The van der Waals surface area contributed by atoms with Crippen molar-refractivity contribution in [2.45, 2.75) is 41.5 Å². The van der Waals surface area contributed by atoms with Crippen molar-refractivity contribution in [3.8, 4) is 18.2 Å². The summed E-state index contributed by atoms with van der Waals surface area (Å²) in [4.78, 5) is 22.5. The number of rotatable bonds is 0. The predicted molar refractivity (Wildman–Crippen MR) is 78.4 cm³/mol. The standard InChI is InChI=1S/3C4H7N.3CO.W/c3*1-4(2)3-5;3*1-2;/h3*4H,1-2H3;;;;. The van der Waals surface area contributed by atoms with E-state index < -0.39 is 0 Å². The Hall–Kier alpha value is -1.83. The average Bonchev–Trinajstić information content (AvgIpc) is 2.54. The molecule has 0 N–H and O–H groups in total. The van der Waals surface area contributed by atoms with Crippen LogP contribution in [0.5, 0.6) is 0 Å². The van der Waals surface area contributed by atoms with Gasteiger partial charge in [-0.05, 0) is 41.5 Å². The van der Waals surface area contributed by atoms with Gasteiger partial charge in [0.05, 0.1) is 18.2 Å². The summed E-state index contributed by atoms with van der Waals surface area (Å²) in [6.45, 7) is 24.7. The third kappa shape index (κ3) is 308. The van der Waals surface area contributed by atoms with E-state index in [4.69, 9.17) is 30.2 Å². The van der Waals surface area contributed by atoms with E-state index in [0.717, 1.165) is 0 Å². The maximum atomic E-state index is 7.89. The molecule has 0 aliphatic carbocycles. The van der Waals surface area contributed by atoms with Gasteiger partial charge in [-0.2, -0.15) is 15.8 Å². The molecule has 0 aromatic heterocycles. The van der Waals surface area contributed by atoms with Gasteiger partial charge in [-0.1, -0.05) is 0 Å². The first-order valence-corrected chi connectivity index (χ1v) is 5.61. The smallest absolute Gasteiger partial charge is 0.281 e. The second-order valence-corrected chi connectivity index (χ2v) is 3.85. The minimum absolute atomic E-state index is 0. The van der Waals surface area contributed by atoms with Gasteiger partial charge < -0.3 is 0 Å². The molecule has 0 aliphatic heterocycles. The normalized spacial score (nSPS) is 5.73. The van der Waals surface area contributed by atoms with Crippen molar-refractivity contribution in [1.82, 2.24) is 0 Å². The maximum Gasteiger partial charge on any atom is 0.281 e. The van der Waals surface area contributed by atoms with E-state index in [1.54, 1.807) is 0 Å². The molecule has 0 fully saturated rings. The molecule has 0 spiro atoms. The predicted octanol–water partition coefficient (Wildman–Crippen LogP) is 2.30. The number of hydrogen-bond donors (Lipinski definition) is 0. The topological polar surface area (TPSA) is 123 Å². The van der Waals surface area contributed by atoms with Crippen molar-refractivity contribution in [2.24, 2.45) is 17.8 Å². The van der Waals surface area contributed by atoms with E-state index in [0.29, 0.717) is 0 Å². The van der Waals surface area contributed by atoms with Gasteiger partial charge >= 0.3 is 0 Å². The van der Waals surface area contributed by atoms with Crippen LogP contribution in [0.15, 0.2) is 0 Å². The molecule has 0 bridgehead atoms.